The molecular weight excluding hydrogens is 409 g/mol. The summed E-state index contributed by atoms with van der Waals surface area (Å²) in [7, 11) is 0. The van der Waals surface area contributed by atoms with Gasteiger partial charge in [0.1, 0.15) is 0 Å². The first-order chi connectivity index (χ1) is 12.5. The summed E-state index contributed by atoms with van der Waals surface area (Å²) in [5, 5.41) is 0.621. The normalized spacial score (nSPS) is 13.9. The molecule has 2 amide bonds. The van der Waals surface area contributed by atoms with E-state index in [-0.39, 0.29) is 29.2 Å². The van der Waals surface area contributed by atoms with Gasteiger partial charge in [-0.15, -0.1) is 12.4 Å². The lowest BCUT2D eigenvalue weighted by Gasteiger charge is -2.35. The van der Waals surface area contributed by atoms with Gasteiger partial charge in [-0.05, 0) is 29.8 Å². The Morgan fingerprint density at radius 3 is 2.15 bits per heavy atom. The molecule has 3 rings (SSSR count). The molecule has 2 aromatic rings. The molecule has 1 fully saturated rings. The number of nitrogens with two attached hydrogens (primary N) is 1. The Morgan fingerprint density at radius 1 is 0.926 bits per heavy atom. The van der Waals surface area contributed by atoms with E-state index in [1.54, 1.807) is 40.1 Å². The van der Waals surface area contributed by atoms with Crippen molar-refractivity contribution in [3.05, 3.63) is 63.6 Å². The number of carbonyl (C=O) groups is 2. The first-order valence-corrected chi connectivity index (χ1v) is 9.07. The molecule has 0 aliphatic carbocycles. The molecule has 0 atom stereocenters. The lowest BCUT2D eigenvalue weighted by atomic mass is 10.1. The van der Waals surface area contributed by atoms with E-state index >= 15 is 0 Å². The summed E-state index contributed by atoms with van der Waals surface area (Å²) in [5.74, 6) is -0.120. The molecule has 0 unspecified atom stereocenters. The third-order valence-corrected chi connectivity index (χ3v) is 5.26. The lowest BCUT2D eigenvalue weighted by Crippen LogP contribution is -2.51. The summed E-state index contributed by atoms with van der Waals surface area (Å²) in [6.07, 6.45) is 0.328. The molecule has 1 aliphatic rings. The Kier molecular flexibility index (Phi) is 7.36. The summed E-state index contributed by atoms with van der Waals surface area (Å²) in [6, 6.07) is 12.3. The third-order valence-electron chi connectivity index (χ3n) is 4.44. The average Bonchev–Trinajstić information content (AvgIpc) is 2.65. The molecule has 0 saturated carbocycles. The van der Waals surface area contributed by atoms with Gasteiger partial charge in [-0.2, -0.15) is 0 Å². The number of hydrogen-bond donors (Lipinski definition) is 1. The number of rotatable bonds is 3. The fourth-order valence-corrected chi connectivity index (χ4v) is 3.30. The predicted molar refractivity (Wildman–Crippen MR) is 111 cm³/mol. The summed E-state index contributed by atoms with van der Waals surface area (Å²) >= 11 is 12.1. The summed E-state index contributed by atoms with van der Waals surface area (Å²) in [5.41, 5.74) is 7.65. The van der Waals surface area contributed by atoms with Crippen molar-refractivity contribution in [2.45, 2.75) is 6.42 Å². The van der Waals surface area contributed by atoms with Gasteiger partial charge in [-0.1, -0.05) is 41.4 Å². The van der Waals surface area contributed by atoms with E-state index in [1.807, 2.05) is 12.1 Å². The predicted octanol–water partition coefficient (Wildman–Crippen LogP) is 3.52. The summed E-state index contributed by atoms with van der Waals surface area (Å²) in [4.78, 5) is 28.6. The van der Waals surface area contributed by atoms with Crippen molar-refractivity contribution in [1.29, 1.82) is 0 Å². The van der Waals surface area contributed by atoms with Crippen LogP contribution in [0.3, 0.4) is 0 Å². The lowest BCUT2D eigenvalue weighted by molar-refractivity contribution is -0.131. The maximum absolute atomic E-state index is 12.6. The second-order valence-corrected chi connectivity index (χ2v) is 6.98. The van der Waals surface area contributed by atoms with Crippen LogP contribution in [0.25, 0.3) is 0 Å². The Labute approximate surface area is 174 Å². The molecular formula is C19H20Cl3N3O2. The number of nitrogens with zero attached hydrogens (tertiary/aromatic N) is 2. The molecule has 0 radical (unpaired) electrons. The zero-order chi connectivity index (χ0) is 18.7. The van der Waals surface area contributed by atoms with Crippen molar-refractivity contribution in [2.75, 3.05) is 31.9 Å². The number of carbonyl (C=O) groups excluding carboxylic acids is 2. The van der Waals surface area contributed by atoms with Crippen LogP contribution in [0.2, 0.25) is 10.0 Å². The molecule has 27 heavy (non-hydrogen) atoms. The molecule has 1 aliphatic heterocycles. The highest BCUT2D eigenvalue weighted by molar-refractivity contribution is 6.43. The van der Waals surface area contributed by atoms with Crippen molar-refractivity contribution in [3.63, 3.8) is 0 Å². The molecule has 0 spiro atoms. The van der Waals surface area contributed by atoms with Gasteiger partial charge in [0.2, 0.25) is 5.91 Å². The topological polar surface area (TPSA) is 66.6 Å². The number of amides is 2. The molecule has 1 saturated heterocycles. The number of benzene rings is 2. The van der Waals surface area contributed by atoms with Crippen LogP contribution in [-0.2, 0) is 11.2 Å². The van der Waals surface area contributed by atoms with Gasteiger partial charge in [0.25, 0.3) is 5.91 Å². The number of anilines is 1. The van der Waals surface area contributed by atoms with E-state index in [4.69, 9.17) is 28.9 Å². The highest BCUT2D eigenvalue weighted by atomic mass is 35.5. The van der Waals surface area contributed by atoms with E-state index < -0.39 is 0 Å². The second-order valence-electron chi connectivity index (χ2n) is 6.19. The number of nitrogen functional groups attached to an aromatic ring is 1. The van der Waals surface area contributed by atoms with Crippen molar-refractivity contribution in [1.82, 2.24) is 9.80 Å². The molecule has 1 heterocycles. The Balaban J connectivity index is 0.00000261. The van der Waals surface area contributed by atoms with Crippen LogP contribution >= 0.6 is 35.6 Å². The maximum atomic E-state index is 12.6. The standard InChI is InChI=1S/C19H19Cl2N3O2.ClH/c20-16-3-1-2-15(18(16)21)19(26)24-10-8-23(9-11-24)17(25)12-13-4-6-14(22)7-5-13;/h1-7H,8-12,22H2;1H. The van der Waals surface area contributed by atoms with E-state index in [0.29, 0.717) is 48.9 Å². The number of piperazine rings is 1. The minimum Gasteiger partial charge on any atom is -0.399 e. The fourth-order valence-electron chi connectivity index (χ4n) is 2.92. The summed E-state index contributed by atoms with van der Waals surface area (Å²) in [6.45, 7) is 1.93. The van der Waals surface area contributed by atoms with Crippen LogP contribution in [0.5, 0.6) is 0 Å². The monoisotopic (exact) mass is 427 g/mol. The molecule has 0 aromatic heterocycles. The summed E-state index contributed by atoms with van der Waals surface area (Å²) < 4.78 is 0. The van der Waals surface area contributed by atoms with Gasteiger partial charge < -0.3 is 15.5 Å². The van der Waals surface area contributed by atoms with Gasteiger partial charge >= 0.3 is 0 Å². The van der Waals surface area contributed by atoms with E-state index in [2.05, 4.69) is 0 Å². The smallest absolute Gasteiger partial charge is 0.255 e. The van der Waals surface area contributed by atoms with Crippen LogP contribution < -0.4 is 5.73 Å². The van der Waals surface area contributed by atoms with Crippen LogP contribution in [-0.4, -0.2) is 47.8 Å². The zero-order valence-electron chi connectivity index (χ0n) is 14.5. The first-order valence-electron chi connectivity index (χ1n) is 8.31. The zero-order valence-corrected chi connectivity index (χ0v) is 16.9. The van der Waals surface area contributed by atoms with Crippen LogP contribution in [0.1, 0.15) is 15.9 Å². The van der Waals surface area contributed by atoms with Crippen molar-refractivity contribution < 1.29 is 9.59 Å². The minimum absolute atomic E-state index is 0. The average molecular weight is 429 g/mol. The van der Waals surface area contributed by atoms with Crippen molar-refractivity contribution in [3.8, 4) is 0 Å². The Hall–Kier alpha value is -1.95. The van der Waals surface area contributed by atoms with Gasteiger partial charge in [-0.25, -0.2) is 0 Å². The van der Waals surface area contributed by atoms with Gasteiger partial charge in [0.05, 0.1) is 22.0 Å². The van der Waals surface area contributed by atoms with Crippen LogP contribution in [0, 0.1) is 0 Å². The largest absolute Gasteiger partial charge is 0.399 e. The van der Waals surface area contributed by atoms with Crippen LogP contribution in [0.15, 0.2) is 42.5 Å². The van der Waals surface area contributed by atoms with E-state index in [1.165, 1.54) is 0 Å². The van der Waals surface area contributed by atoms with Crippen molar-refractivity contribution >= 4 is 53.1 Å². The van der Waals surface area contributed by atoms with Gasteiger partial charge in [-0.3, -0.25) is 9.59 Å². The quantitative estimate of drug-likeness (QED) is 0.761. The highest BCUT2D eigenvalue weighted by Crippen LogP contribution is 2.26. The maximum Gasteiger partial charge on any atom is 0.255 e. The fraction of sp³-hybridized carbons (Fsp3) is 0.263. The second kappa shape index (κ2) is 9.31. The van der Waals surface area contributed by atoms with Crippen LogP contribution in [0.4, 0.5) is 5.69 Å². The van der Waals surface area contributed by atoms with Crippen molar-refractivity contribution in [2.24, 2.45) is 0 Å². The molecule has 2 N–H and O–H groups in total. The van der Waals surface area contributed by atoms with Gasteiger partial charge in [0.15, 0.2) is 0 Å². The molecule has 144 valence electrons. The van der Waals surface area contributed by atoms with E-state index in [9.17, 15) is 9.59 Å². The minimum atomic E-state index is -0.164. The van der Waals surface area contributed by atoms with Gasteiger partial charge in [0, 0.05) is 31.9 Å². The third kappa shape index (κ3) is 5.06. The molecule has 2 aromatic carbocycles. The number of halogens is 3. The molecule has 5 nitrogen and oxygen atoms in total. The SMILES string of the molecule is Cl.Nc1ccc(CC(=O)N2CCN(C(=O)c3cccc(Cl)c3Cl)CC2)cc1. The Morgan fingerprint density at radius 2 is 1.52 bits per heavy atom. The molecule has 0 bridgehead atoms. The molecule has 8 heteroatoms. The first kappa shape index (κ1) is 21.4. The van der Waals surface area contributed by atoms with E-state index in [0.717, 1.165) is 5.56 Å². The highest BCUT2D eigenvalue weighted by Gasteiger charge is 2.26. The Bertz CT molecular complexity index is 819. The number of hydrogen-bond acceptors (Lipinski definition) is 3.